The fraction of sp³-hybridized carbons (Fsp3) is 0.346. The van der Waals surface area contributed by atoms with Gasteiger partial charge in [-0.2, -0.15) is 0 Å². The van der Waals surface area contributed by atoms with Crippen LogP contribution in [-0.2, 0) is 16.0 Å². The van der Waals surface area contributed by atoms with Crippen LogP contribution in [0.5, 0.6) is 0 Å². The van der Waals surface area contributed by atoms with Crippen LogP contribution in [0.1, 0.15) is 38.5 Å². The van der Waals surface area contributed by atoms with E-state index in [1.54, 1.807) is 12.3 Å². The number of anilines is 2. The van der Waals surface area contributed by atoms with E-state index in [4.69, 9.17) is 16.0 Å². The average molecular weight is 481 g/mol. The van der Waals surface area contributed by atoms with E-state index < -0.39 is 0 Å². The van der Waals surface area contributed by atoms with Gasteiger partial charge >= 0.3 is 0 Å². The van der Waals surface area contributed by atoms with Gasteiger partial charge in [-0.1, -0.05) is 29.8 Å². The summed E-state index contributed by atoms with van der Waals surface area (Å²) in [5.41, 5.74) is 2.66. The normalized spacial score (nSPS) is 14.1. The molecule has 2 amide bonds. The number of oxazole rings is 1. The fourth-order valence-electron chi connectivity index (χ4n) is 4.08. The third kappa shape index (κ3) is 6.38. The van der Waals surface area contributed by atoms with Gasteiger partial charge in [0.2, 0.25) is 11.8 Å². The zero-order valence-corrected chi connectivity index (χ0v) is 20.0. The average Bonchev–Trinajstić information content (AvgIpc) is 3.51. The van der Waals surface area contributed by atoms with Crippen molar-refractivity contribution in [3.05, 3.63) is 65.6 Å². The number of rotatable bonds is 9. The molecule has 0 saturated carbocycles. The quantitative estimate of drug-likeness (QED) is 0.447. The van der Waals surface area contributed by atoms with Crippen LogP contribution in [0, 0.1) is 0 Å². The molecule has 7 nitrogen and oxygen atoms in total. The van der Waals surface area contributed by atoms with Gasteiger partial charge < -0.3 is 20.0 Å². The molecule has 34 heavy (non-hydrogen) atoms. The molecule has 1 unspecified atom stereocenters. The first-order valence-corrected chi connectivity index (χ1v) is 12.0. The van der Waals surface area contributed by atoms with E-state index in [1.165, 1.54) is 12.8 Å². The first kappa shape index (κ1) is 23.8. The summed E-state index contributed by atoms with van der Waals surface area (Å²) in [6.45, 7) is 3.92. The minimum absolute atomic E-state index is 0.136. The molecule has 1 saturated heterocycles. The maximum Gasteiger partial charge on any atom is 0.226 e. The van der Waals surface area contributed by atoms with Crippen LogP contribution in [-0.4, -0.2) is 35.9 Å². The summed E-state index contributed by atoms with van der Waals surface area (Å²) < 4.78 is 5.74. The molecule has 4 rings (SSSR count). The van der Waals surface area contributed by atoms with Gasteiger partial charge in [-0.25, -0.2) is 4.98 Å². The van der Waals surface area contributed by atoms with Crippen molar-refractivity contribution in [3.8, 4) is 11.3 Å². The maximum absolute atomic E-state index is 12.5. The number of aryl methyl sites for hydroxylation is 1. The Morgan fingerprint density at radius 1 is 1.12 bits per heavy atom. The molecule has 178 valence electrons. The minimum Gasteiger partial charge on any atom is -0.441 e. The predicted molar refractivity (Wildman–Crippen MR) is 134 cm³/mol. The Morgan fingerprint density at radius 3 is 2.71 bits per heavy atom. The molecular weight excluding hydrogens is 452 g/mol. The molecular formula is C26H29ClN4O3. The first-order chi connectivity index (χ1) is 16.5. The Labute approximate surface area is 204 Å². The standard InChI is InChI=1S/C26H29ClN4O3/c1-18(15-25(33)30-19-7-6-8-20(16-19)31-13-4-5-14-31)29-24(32)11-12-26-28-17-23(34-26)21-9-2-3-10-22(21)27/h2-3,6-10,16-18H,4-5,11-15H2,1H3,(H,29,32)(H,30,33). The molecule has 1 aromatic heterocycles. The zero-order chi connectivity index (χ0) is 23.9. The van der Waals surface area contributed by atoms with Crippen molar-refractivity contribution in [2.75, 3.05) is 23.3 Å². The van der Waals surface area contributed by atoms with Crippen molar-refractivity contribution < 1.29 is 14.0 Å². The van der Waals surface area contributed by atoms with Gasteiger partial charge in [-0.3, -0.25) is 9.59 Å². The molecule has 2 heterocycles. The lowest BCUT2D eigenvalue weighted by molar-refractivity contribution is -0.122. The highest BCUT2D eigenvalue weighted by molar-refractivity contribution is 6.33. The number of carbonyl (C=O) groups excluding carboxylic acids is 2. The van der Waals surface area contributed by atoms with E-state index in [1.807, 2.05) is 43.3 Å². The SMILES string of the molecule is CC(CC(=O)Nc1cccc(N2CCCC2)c1)NC(=O)CCc1ncc(-c2ccccc2Cl)o1. The van der Waals surface area contributed by atoms with Gasteiger partial charge in [0.25, 0.3) is 0 Å². The lowest BCUT2D eigenvalue weighted by Crippen LogP contribution is -2.35. The van der Waals surface area contributed by atoms with E-state index in [0.29, 0.717) is 23.1 Å². The highest BCUT2D eigenvalue weighted by Gasteiger charge is 2.16. The van der Waals surface area contributed by atoms with E-state index in [9.17, 15) is 9.59 Å². The molecule has 2 N–H and O–H groups in total. The van der Waals surface area contributed by atoms with Gasteiger partial charge in [0, 0.05) is 55.3 Å². The third-order valence-electron chi connectivity index (χ3n) is 5.76. The van der Waals surface area contributed by atoms with E-state index >= 15 is 0 Å². The Bertz CT molecular complexity index is 1140. The molecule has 1 atom stereocenters. The highest BCUT2D eigenvalue weighted by Crippen LogP contribution is 2.28. The van der Waals surface area contributed by atoms with Crippen LogP contribution in [0.2, 0.25) is 5.02 Å². The van der Waals surface area contributed by atoms with E-state index in [0.717, 1.165) is 30.0 Å². The lowest BCUT2D eigenvalue weighted by Gasteiger charge is -2.19. The van der Waals surface area contributed by atoms with E-state index in [-0.39, 0.29) is 30.7 Å². The molecule has 2 aromatic carbocycles. The number of nitrogens with one attached hydrogen (secondary N) is 2. The molecule has 1 aliphatic heterocycles. The van der Waals surface area contributed by atoms with E-state index in [2.05, 4.69) is 26.6 Å². The van der Waals surface area contributed by atoms with Crippen LogP contribution in [0.25, 0.3) is 11.3 Å². The fourth-order valence-corrected chi connectivity index (χ4v) is 4.30. The summed E-state index contributed by atoms with van der Waals surface area (Å²) in [6.07, 6.45) is 4.78. The van der Waals surface area contributed by atoms with Crippen LogP contribution in [0.3, 0.4) is 0 Å². The van der Waals surface area contributed by atoms with Crippen LogP contribution in [0.4, 0.5) is 11.4 Å². The summed E-state index contributed by atoms with van der Waals surface area (Å²) in [5, 5.41) is 6.39. The zero-order valence-electron chi connectivity index (χ0n) is 19.2. The van der Waals surface area contributed by atoms with Crippen LogP contribution >= 0.6 is 11.6 Å². The number of halogens is 1. The van der Waals surface area contributed by atoms with Gasteiger partial charge in [0.1, 0.15) is 0 Å². The van der Waals surface area contributed by atoms with Crippen LogP contribution < -0.4 is 15.5 Å². The second-order valence-electron chi connectivity index (χ2n) is 8.56. The number of hydrogen-bond acceptors (Lipinski definition) is 5. The Hall–Kier alpha value is -3.32. The maximum atomic E-state index is 12.5. The summed E-state index contributed by atoms with van der Waals surface area (Å²) >= 11 is 6.20. The van der Waals surface area contributed by atoms with Crippen LogP contribution in [0.15, 0.2) is 59.1 Å². The minimum atomic E-state index is -0.294. The molecule has 3 aromatic rings. The highest BCUT2D eigenvalue weighted by atomic mass is 35.5. The smallest absolute Gasteiger partial charge is 0.226 e. The van der Waals surface area contributed by atoms with Crippen molar-refractivity contribution in [1.29, 1.82) is 0 Å². The summed E-state index contributed by atoms with van der Waals surface area (Å²) in [5.74, 6) is 0.741. The van der Waals surface area contributed by atoms with Crippen molar-refractivity contribution >= 4 is 34.8 Å². The third-order valence-corrected chi connectivity index (χ3v) is 6.09. The Kier molecular flexibility index (Phi) is 7.85. The lowest BCUT2D eigenvalue weighted by atomic mass is 10.2. The topological polar surface area (TPSA) is 87.5 Å². The van der Waals surface area contributed by atoms with Gasteiger partial charge in [-0.15, -0.1) is 0 Å². The Balaban J connectivity index is 1.21. The van der Waals surface area contributed by atoms with Crippen molar-refractivity contribution in [3.63, 3.8) is 0 Å². The van der Waals surface area contributed by atoms with Gasteiger partial charge in [0.05, 0.1) is 11.2 Å². The van der Waals surface area contributed by atoms with Crippen molar-refractivity contribution in [2.45, 2.75) is 45.1 Å². The number of carbonyl (C=O) groups is 2. The number of amides is 2. The largest absolute Gasteiger partial charge is 0.441 e. The number of nitrogens with zero attached hydrogens (tertiary/aromatic N) is 2. The summed E-state index contributed by atoms with van der Waals surface area (Å²) in [6, 6.07) is 15.0. The Morgan fingerprint density at radius 2 is 1.91 bits per heavy atom. The summed E-state index contributed by atoms with van der Waals surface area (Å²) in [4.78, 5) is 31.4. The molecule has 1 fully saturated rings. The number of benzene rings is 2. The van der Waals surface area contributed by atoms with Gasteiger partial charge in [-0.05, 0) is 50.1 Å². The second-order valence-corrected chi connectivity index (χ2v) is 8.97. The monoisotopic (exact) mass is 480 g/mol. The van der Waals surface area contributed by atoms with Gasteiger partial charge in [0.15, 0.2) is 11.7 Å². The van der Waals surface area contributed by atoms with Crippen molar-refractivity contribution in [1.82, 2.24) is 10.3 Å². The number of aromatic nitrogens is 1. The molecule has 0 aliphatic carbocycles. The second kappa shape index (κ2) is 11.2. The molecule has 0 bridgehead atoms. The molecule has 1 aliphatic rings. The number of hydrogen-bond donors (Lipinski definition) is 2. The predicted octanol–water partition coefficient (Wildman–Crippen LogP) is 5.06. The first-order valence-electron chi connectivity index (χ1n) is 11.6. The molecule has 0 spiro atoms. The molecule has 0 radical (unpaired) electrons. The molecule has 8 heteroatoms. The summed E-state index contributed by atoms with van der Waals surface area (Å²) in [7, 11) is 0. The van der Waals surface area contributed by atoms with Crippen molar-refractivity contribution in [2.24, 2.45) is 0 Å².